The third-order valence-electron chi connectivity index (χ3n) is 4.47. The van der Waals surface area contributed by atoms with Gasteiger partial charge in [-0.1, -0.05) is 11.6 Å². The van der Waals surface area contributed by atoms with Gasteiger partial charge in [0.1, 0.15) is 16.5 Å². The van der Waals surface area contributed by atoms with Gasteiger partial charge in [0.2, 0.25) is 0 Å². The largest absolute Gasteiger partial charge is 0.373 e. The average molecular weight is 408 g/mol. The van der Waals surface area contributed by atoms with Gasteiger partial charge in [0.15, 0.2) is 5.82 Å². The Bertz CT molecular complexity index is 1040. The molecule has 2 aromatic heterocycles. The quantitative estimate of drug-likeness (QED) is 0.664. The molecule has 0 N–H and O–H groups in total. The number of aromatic nitrogens is 4. The molecule has 1 saturated heterocycles. The molecule has 1 atom stereocenters. The van der Waals surface area contributed by atoms with Crippen molar-refractivity contribution in [3.63, 3.8) is 0 Å². The van der Waals surface area contributed by atoms with E-state index in [9.17, 15) is 13.6 Å². The molecule has 146 valence electrons. The van der Waals surface area contributed by atoms with Crippen LogP contribution in [0.3, 0.4) is 0 Å². The van der Waals surface area contributed by atoms with E-state index >= 15 is 0 Å². The molecule has 1 aromatic carbocycles. The van der Waals surface area contributed by atoms with Crippen molar-refractivity contribution in [1.29, 1.82) is 0 Å². The Kier molecular flexibility index (Phi) is 5.10. The van der Waals surface area contributed by atoms with Crippen molar-refractivity contribution in [3.8, 4) is 5.69 Å². The number of hydrogen-bond acceptors (Lipinski definition) is 5. The van der Waals surface area contributed by atoms with Crippen LogP contribution in [0.2, 0.25) is 5.02 Å². The normalized spacial score (nSPS) is 17.1. The van der Waals surface area contributed by atoms with Crippen LogP contribution in [-0.4, -0.2) is 45.4 Å². The molecule has 10 heteroatoms. The number of halogens is 3. The Morgan fingerprint density at radius 2 is 2.11 bits per heavy atom. The molecule has 1 unspecified atom stereocenters. The van der Waals surface area contributed by atoms with E-state index in [1.807, 2.05) is 17.2 Å². The number of nitrogens with zero attached hydrogens (tertiary/aromatic N) is 5. The molecule has 1 aliphatic heterocycles. The molecule has 1 fully saturated rings. The van der Waals surface area contributed by atoms with E-state index in [0.29, 0.717) is 38.0 Å². The van der Waals surface area contributed by atoms with Crippen LogP contribution in [0.15, 0.2) is 47.7 Å². The lowest BCUT2D eigenvalue weighted by Gasteiger charge is -2.34. The molecule has 1 aliphatic rings. The number of anilines is 1. The van der Waals surface area contributed by atoms with Crippen molar-refractivity contribution in [2.45, 2.75) is 12.6 Å². The zero-order valence-electron chi connectivity index (χ0n) is 14.6. The van der Waals surface area contributed by atoms with Gasteiger partial charge in [-0.15, -0.1) is 0 Å². The summed E-state index contributed by atoms with van der Waals surface area (Å²) in [4.78, 5) is 14.5. The smallest absolute Gasteiger partial charge is 0.292 e. The molecule has 0 radical (unpaired) electrons. The van der Waals surface area contributed by atoms with Crippen LogP contribution >= 0.6 is 11.6 Å². The monoisotopic (exact) mass is 407 g/mol. The maximum absolute atomic E-state index is 14.0. The van der Waals surface area contributed by atoms with Gasteiger partial charge >= 0.3 is 0 Å². The Hall–Kier alpha value is -2.78. The fourth-order valence-electron chi connectivity index (χ4n) is 3.13. The van der Waals surface area contributed by atoms with Gasteiger partial charge in [0, 0.05) is 31.5 Å². The summed E-state index contributed by atoms with van der Waals surface area (Å²) >= 11 is 6.29. The summed E-state index contributed by atoms with van der Waals surface area (Å²) in [6.07, 6.45) is 4.80. The lowest BCUT2D eigenvalue weighted by molar-refractivity contribution is 0.0274. The maximum atomic E-state index is 14.0. The SMILES string of the molecule is O=c1c(Cl)c(N2CCOC(Cn3cccn3)C2)cnn1-c1ccc(F)cc1F. The molecule has 0 spiro atoms. The summed E-state index contributed by atoms with van der Waals surface area (Å²) < 4.78 is 35.5. The summed E-state index contributed by atoms with van der Waals surface area (Å²) in [5.41, 5.74) is -0.405. The van der Waals surface area contributed by atoms with E-state index in [1.165, 1.54) is 6.20 Å². The highest BCUT2D eigenvalue weighted by Crippen LogP contribution is 2.24. The fraction of sp³-hybridized carbons (Fsp3) is 0.278. The maximum Gasteiger partial charge on any atom is 0.292 e. The minimum absolute atomic E-state index is 0.0848. The number of benzene rings is 1. The van der Waals surface area contributed by atoms with Crippen LogP contribution in [0.5, 0.6) is 0 Å². The van der Waals surface area contributed by atoms with Gasteiger partial charge in [0.25, 0.3) is 5.56 Å². The first-order valence-corrected chi connectivity index (χ1v) is 8.98. The van der Waals surface area contributed by atoms with Gasteiger partial charge in [-0.3, -0.25) is 9.48 Å². The predicted molar refractivity (Wildman–Crippen MR) is 98.9 cm³/mol. The van der Waals surface area contributed by atoms with E-state index in [1.54, 1.807) is 10.9 Å². The average Bonchev–Trinajstić information content (AvgIpc) is 3.18. The molecule has 0 amide bonds. The second kappa shape index (κ2) is 7.69. The Labute approximate surface area is 163 Å². The summed E-state index contributed by atoms with van der Waals surface area (Å²) in [6, 6.07) is 4.71. The lowest BCUT2D eigenvalue weighted by atomic mass is 10.2. The number of morpholine rings is 1. The second-order valence-electron chi connectivity index (χ2n) is 6.32. The molecule has 3 aromatic rings. The van der Waals surface area contributed by atoms with E-state index in [0.717, 1.165) is 16.8 Å². The van der Waals surface area contributed by atoms with Crippen molar-refractivity contribution in [2.75, 3.05) is 24.6 Å². The van der Waals surface area contributed by atoms with Gasteiger partial charge < -0.3 is 9.64 Å². The highest BCUT2D eigenvalue weighted by Gasteiger charge is 2.25. The number of rotatable bonds is 4. The van der Waals surface area contributed by atoms with Crippen LogP contribution < -0.4 is 10.5 Å². The lowest BCUT2D eigenvalue weighted by Crippen LogP contribution is -2.45. The van der Waals surface area contributed by atoms with Crippen molar-refractivity contribution in [2.24, 2.45) is 0 Å². The van der Waals surface area contributed by atoms with Crippen molar-refractivity contribution in [3.05, 3.63) is 69.9 Å². The fourth-order valence-corrected chi connectivity index (χ4v) is 3.38. The topological polar surface area (TPSA) is 65.2 Å². The summed E-state index contributed by atoms with van der Waals surface area (Å²) in [5, 5.41) is 8.11. The minimum atomic E-state index is -0.899. The Morgan fingerprint density at radius 3 is 2.86 bits per heavy atom. The van der Waals surface area contributed by atoms with Gasteiger partial charge in [-0.25, -0.2) is 8.78 Å². The number of ether oxygens (including phenoxy) is 1. The molecular formula is C18H16ClF2N5O2. The van der Waals surface area contributed by atoms with Crippen LogP contribution in [-0.2, 0) is 11.3 Å². The second-order valence-corrected chi connectivity index (χ2v) is 6.70. The van der Waals surface area contributed by atoms with Crippen LogP contribution in [0.25, 0.3) is 5.69 Å². The molecule has 3 heterocycles. The molecule has 0 saturated carbocycles. The first-order chi connectivity index (χ1) is 13.5. The first kappa shape index (κ1) is 18.6. The van der Waals surface area contributed by atoms with E-state index in [4.69, 9.17) is 16.3 Å². The van der Waals surface area contributed by atoms with E-state index in [-0.39, 0.29) is 16.8 Å². The molecule has 0 aliphatic carbocycles. The molecule has 4 rings (SSSR count). The van der Waals surface area contributed by atoms with Crippen LogP contribution in [0, 0.1) is 11.6 Å². The highest BCUT2D eigenvalue weighted by molar-refractivity contribution is 6.33. The van der Waals surface area contributed by atoms with Crippen LogP contribution in [0.4, 0.5) is 14.5 Å². The van der Waals surface area contributed by atoms with Crippen molar-refractivity contribution in [1.82, 2.24) is 19.6 Å². The summed E-state index contributed by atoms with van der Waals surface area (Å²) in [5.74, 6) is -1.64. The molecule has 0 bridgehead atoms. The first-order valence-electron chi connectivity index (χ1n) is 8.60. The van der Waals surface area contributed by atoms with Gasteiger partial charge in [-0.05, 0) is 18.2 Å². The molecular weight excluding hydrogens is 392 g/mol. The van der Waals surface area contributed by atoms with Crippen molar-refractivity contribution >= 4 is 17.3 Å². The Morgan fingerprint density at radius 1 is 1.25 bits per heavy atom. The number of hydrogen-bond donors (Lipinski definition) is 0. The van der Waals surface area contributed by atoms with Gasteiger partial charge in [0.05, 0.1) is 31.1 Å². The van der Waals surface area contributed by atoms with E-state index < -0.39 is 17.2 Å². The predicted octanol–water partition coefficient (Wildman–Crippen LogP) is 2.27. The van der Waals surface area contributed by atoms with Crippen LogP contribution in [0.1, 0.15) is 0 Å². The molecule has 7 nitrogen and oxygen atoms in total. The molecule has 28 heavy (non-hydrogen) atoms. The Balaban J connectivity index is 1.60. The minimum Gasteiger partial charge on any atom is -0.373 e. The van der Waals surface area contributed by atoms with E-state index in [2.05, 4.69) is 10.2 Å². The third kappa shape index (κ3) is 3.63. The standard InChI is InChI=1S/C18H16ClF2N5O2/c19-17-16(24-6-7-28-13(10-24)11-25-5-1-4-22-25)9-23-26(18(17)27)15-3-2-12(20)8-14(15)21/h1-5,8-9,13H,6-7,10-11H2. The summed E-state index contributed by atoms with van der Waals surface area (Å²) in [6.45, 7) is 2.05. The third-order valence-corrected chi connectivity index (χ3v) is 4.82. The highest BCUT2D eigenvalue weighted by atomic mass is 35.5. The summed E-state index contributed by atoms with van der Waals surface area (Å²) in [7, 11) is 0. The zero-order chi connectivity index (χ0) is 19.7. The van der Waals surface area contributed by atoms with Crippen molar-refractivity contribution < 1.29 is 13.5 Å². The zero-order valence-corrected chi connectivity index (χ0v) is 15.4. The van der Waals surface area contributed by atoms with Gasteiger partial charge in [-0.2, -0.15) is 14.9 Å².